The van der Waals surface area contributed by atoms with E-state index in [2.05, 4.69) is 12.2 Å². The summed E-state index contributed by atoms with van der Waals surface area (Å²) in [5.74, 6) is 0.576. The third-order valence-corrected chi connectivity index (χ3v) is 4.28. The van der Waals surface area contributed by atoms with E-state index in [4.69, 9.17) is 5.73 Å². The van der Waals surface area contributed by atoms with E-state index in [-0.39, 0.29) is 30.4 Å². The minimum absolute atomic E-state index is 0. The van der Waals surface area contributed by atoms with Gasteiger partial charge in [0, 0.05) is 44.5 Å². The molecule has 0 radical (unpaired) electrons. The lowest BCUT2D eigenvalue weighted by atomic mass is 9.92. The average Bonchev–Trinajstić information content (AvgIpc) is 2.54. The molecule has 0 aromatic heterocycles. The molecule has 2 atom stereocenters. The maximum Gasteiger partial charge on any atom is 0.321 e. The molecule has 1 aromatic rings. The van der Waals surface area contributed by atoms with Crippen molar-refractivity contribution >= 4 is 30.0 Å². The number of benzene rings is 1. The Balaban J connectivity index is 0.00000288. The van der Waals surface area contributed by atoms with Crippen molar-refractivity contribution < 1.29 is 9.59 Å². The minimum atomic E-state index is -0.221. The van der Waals surface area contributed by atoms with Gasteiger partial charge in [-0.25, -0.2) is 4.79 Å². The molecule has 3 N–H and O–H groups in total. The second kappa shape index (κ2) is 8.89. The summed E-state index contributed by atoms with van der Waals surface area (Å²) < 4.78 is 0. The second-order valence-corrected chi connectivity index (χ2v) is 6.42. The van der Waals surface area contributed by atoms with E-state index < -0.39 is 0 Å². The smallest absolute Gasteiger partial charge is 0.321 e. The lowest BCUT2D eigenvalue weighted by Gasteiger charge is -2.38. The molecule has 1 heterocycles. The number of urea groups is 1. The van der Waals surface area contributed by atoms with E-state index in [0.29, 0.717) is 23.7 Å². The Kier molecular flexibility index (Phi) is 7.51. The number of nitrogens with one attached hydrogen (secondary N) is 1. The van der Waals surface area contributed by atoms with Crippen molar-refractivity contribution in [1.82, 2.24) is 9.80 Å². The maximum atomic E-state index is 12.8. The fourth-order valence-electron chi connectivity index (χ4n) is 2.87. The van der Waals surface area contributed by atoms with Gasteiger partial charge in [0.1, 0.15) is 0 Å². The topological polar surface area (TPSA) is 78.7 Å². The SMILES string of the molecule is CC1CCN(C(=O)c2cccc(NC(=O)N(C)C)c2)C(CN)C1.Cl. The highest BCUT2D eigenvalue weighted by atomic mass is 35.5. The lowest BCUT2D eigenvalue weighted by molar-refractivity contribution is 0.0573. The Morgan fingerprint density at radius 2 is 2.08 bits per heavy atom. The number of carbonyl (C=O) groups is 2. The number of anilines is 1. The van der Waals surface area contributed by atoms with Crippen LogP contribution in [0.2, 0.25) is 0 Å². The van der Waals surface area contributed by atoms with Crippen molar-refractivity contribution in [3.63, 3.8) is 0 Å². The van der Waals surface area contributed by atoms with Gasteiger partial charge in [0.2, 0.25) is 0 Å². The quantitative estimate of drug-likeness (QED) is 0.874. The predicted molar refractivity (Wildman–Crippen MR) is 98.7 cm³/mol. The van der Waals surface area contributed by atoms with Gasteiger partial charge in [-0.3, -0.25) is 4.79 Å². The molecule has 1 aliphatic rings. The Bertz CT molecular complexity index is 579. The van der Waals surface area contributed by atoms with E-state index >= 15 is 0 Å². The van der Waals surface area contributed by atoms with E-state index in [0.717, 1.165) is 19.4 Å². The van der Waals surface area contributed by atoms with Gasteiger partial charge in [-0.2, -0.15) is 0 Å². The van der Waals surface area contributed by atoms with Crippen LogP contribution in [0.3, 0.4) is 0 Å². The largest absolute Gasteiger partial charge is 0.334 e. The van der Waals surface area contributed by atoms with Crippen molar-refractivity contribution in [2.45, 2.75) is 25.8 Å². The molecule has 1 saturated heterocycles. The van der Waals surface area contributed by atoms with Crippen molar-refractivity contribution in [3.8, 4) is 0 Å². The predicted octanol–water partition coefficient (Wildman–Crippen LogP) is 2.40. The summed E-state index contributed by atoms with van der Waals surface area (Å²) in [5.41, 5.74) is 7.04. The van der Waals surface area contributed by atoms with Gasteiger partial charge in [-0.15, -0.1) is 12.4 Å². The standard InChI is InChI=1S/C17H26N4O2.ClH/c1-12-7-8-21(15(9-12)11-18)16(22)13-5-4-6-14(10-13)19-17(23)20(2)3;/h4-6,10,12,15H,7-9,11,18H2,1-3H3,(H,19,23);1H. The second-order valence-electron chi connectivity index (χ2n) is 6.42. The highest BCUT2D eigenvalue weighted by Crippen LogP contribution is 2.24. The zero-order chi connectivity index (χ0) is 17.0. The fraction of sp³-hybridized carbons (Fsp3) is 0.529. The summed E-state index contributed by atoms with van der Waals surface area (Å²) in [6.45, 7) is 3.41. The molecule has 7 heteroatoms. The summed E-state index contributed by atoms with van der Waals surface area (Å²) in [5, 5.41) is 2.76. The zero-order valence-corrected chi connectivity index (χ0v) is 15.3. The summed E-state index contributed by atoms with van der Waals surface area (Å²) in [4.78, 5) is 27.8. The number of likely N-dealkylation sites (tertiary alicyclic amines) is 1. The lowest BCUT2D eigenvalue weighted by Crippen LogP contribution is -2.49. The van der Waals surface area contributed by atoms with Gasteiger partial charge in [0.15, 0.2) is 0 Å². The van der Waals surface area contributed by atoms with Crippen LogP contribution in [0.5, 0.6) is 0 Å². The fourth-order valence-corrected chi connectivity index (χ4v) is 2.87. The maximum absolute atomic E-state index is 12.8. The molecule has 2 rings (SSSR count). The number of hydrogen-bond donors (Lipinski definition) is 2. The number of piperidine rings is 1. The number of rotatable bonds is 3. The average molecular weight is 355 g/mol. The highest BCUT2D eigenvalue weighted by Gasteiger charge is 2.29. The first-order valence-electron chi connectivity index (χ1n) is 8.01. The van der Waals surface area contributed by atoms with Gasteiger partial charge >= 0.3 is 6.03 Å². The molecule has 134 valence electrons. The van der Waals surface area contributed by atoms with Crippen LogP contribution < -0.4 is 11.1 Å². The van der Waals surface area contributed by atoms with Gasteiger partial charge in [-0.05, 0) is 37.0 Å². The first kappa shape index (κ1) is 20.3. The molecule has 1 aromatic carbocycles. The van der Waals surface area contributed by atoms with E-state index in [1.165, 1.54) is 4.90 Å². The minimum Gasteiger partial charge on any atom is -0.334 e. The van der Waals surface area contributed by atoms with E-state index in [9.17, 15) is 9.59 Å². The van der Waals surface area contributed by atoms with Crippen molar-refractivity contribution in [2.24, 2.45) is 11.7 Å². The Labute approximate surface area is 149 Å². The number of carbonyl (C=O) groups excluding carboxylic acids is 2. The molecule has 1 aliphatic heterocycles. The molecule has 24 heavy (non-hydrogen) atoms. The number of nitrogens with zero attached hydrogens (tertiary/aromatic N) is 2. The van der Waals surface area contributed by atoms with Crippen LogP contribution in [-0.4, -0.2) is 55.0 Å². The molecule has 0 aliphatic carbocycles. The third-order valence-electron chi connectivity index (χ3n) is 4.28. The first-order chi connectivity index (χ1) is 10.9. The van der Waals surface area contributed by atoms with Crippen LogP contribution >= 0.6 is 12.4 Å². The molecule has 6 nitrogen and oxygen atoms in total. The van der Waals surface area contributed by atoms with Crippen LogP contribution in [0.25, 0.3) is 0 Å². The molecular weight excluding hydrogens is 328 g/mol. The van der Waals surface area contributed by atoms with Crippen LogP contribution in [0.4, 0.5) is 10.5 Å². The molecule has 3 amide bonds. The zero-order valence-electron chi connectivity index (χ0n) is 14.5. The van der Waals surface area contributed by atoms with Gasteiger partial charge in [0.25, 0.3) is 5.91 Å². The Hall–Kier alpha value is -1.79. The molecule has 0 saturated carbocycles. The molecule has 0 bridgehead atoms. The molecular formula is C17H27ClN4O2. The van der Waals surface area contributed by atoms with E-state index in [1.807, 2.05) is 4.90 Å². The Morgan fingerprint density at radius 3 is 2.71 bits per heavy atom. The number of halogens is 1. The van der Waals surface area contributed by atoms with Crippen LogP contribution in [0.15, 0.2) is 24.3 Å². The highest BCUT2D eigenvalue weighted by molar-refractivity contribution is 5.97. The molecule has 2 unspecified atom stereocenters. The summed E-state index contributed by atoms with van der Waals surface area (Å²) in [6, 6.07) is 6.92. The van der Waals surface area contributed by atoms with Crippen LogP contribution in [0, 0.1) is 5.92 Å². The van der Waals surface area contributed by atoms with Gasteiger partial charge < -0.3 is 20.9 Å². The normalized spacial score (nSPS) is 20.1. The first-order valence-corrected chi connectivity index (χ1v) is 8.01. The third kappa shape index (κ3) is 4.85. The number of amides is 3. The Morgan fingerprint density at radius 1 is 1.38 bits per heavy atom. The molecule has 0 spiro atoms. The summed E-state index contributed by atoms with van der Waals surface area (Å²) >= 11 is 0. The number of nitrogens with two attached hydrogens (primary N) is 1. The molecule has 1 fully saturated rings. The van der Waals surface area contributed by atoms with Crippen molar-refractivity contribution in [1.29, 1.82) is 0 Å². The summed E-state index contributed by atoms with van der Waals surface area (Å²) in [7, 11) is 3.34. The summed E-state index contributed by atoms with van der Waals surface area (Å²) in [6.07, 6.45) is 1.94. The van der Waals surface area contributed by atoms with Gasteiger partial charge in [-0.1, -0.05) is 13.0 Å². The monoisotopic (exact) mass is 354 g/mol. The van der Waals surface area contributed by atoms with E-state index in [1.54, 1.807) is 38.4 Å². The van der Waals surface area contributed by atoms with Gasteiger partial charge in [0.05, 0.1) is 0 Å². The van der Waals surface area contributed by atoms with Crippen molar-refractivity contribution in [2.75, 3.05) is 32.5 Å². The van der Waals surface area contributed by atoms with Crippen molar-refractivity contribution in [3.05, 3.63) is 29.8 Å². The van der Waals surface area contributed by atoms with Crippen LogP contribution in [0.1, 0.15) is 30.1 Å². The van der Waals surface area contributed by atoms with Crippen LogP contribution in [-0.2, 0) is 0 Å². The number of hydrogen-bond acceptors (Lipinski definition) is 3.